The SMILES string of the molecule is CCCC(C)(N)C(=O)N1CC2CC3CC(C2)CC1C3. The molecule has 108 valence electrons. The summed E-state index contributed by atoms with van der Waals surface area (Å²) in [7, 11) is 0. The minimum Gasteiger partial charge on any atom is -0.338 e. The minimum atomic E-state index is -0.656. The van der Waals surface area contributed by atoms with Crippen LogP contribution in [0.3, 0.4) is 0 Å². The van der Waals surface area contributed by atoms with E-state index < -0.39 is 5.54 Å². The van der Waals surface area contributed by atoms with Crippen molar-refractivity contribution < 1.29 is 4.79 Å². The fourth-order valence-electron chi connectivity index (χ4n) is 4.99. The van der Waals surface area contributed by atoms with Gasteiger partial charge in [-0.15, -0.1) is 0 Å². The van der Waals surface area contributed by atoms with E-state index in [1.807, 2.05) is 6.92 Å². The Hall–Kier alpha value is -0.570. The number of amides is 1. The molecule has 4 rings (SSSR count). The molecule has 3 nitrogen and oxygen atoms in total. The molecular weight excluding hydrogens is 236 g/mol. The van der Waals surface area contributed by atoms with Gasteiger partial charge in [-0.1, -0.05) is 13.3 Å². The molecule has 2 aliphatic heterocycles. The van der Waals surface area contributed by atoms with Gasteiger partial charge in [0.1, 0.15) is 0 Å². The van der Waals surface area contributed by atoms with Gasteiger partial charge in [-0.25, -0.2) is 0 Å². The predicted octanol–water partition coefficient (Wildman–Crippen LogP) is 2.54. The Morgan fingerprint density at radius 3 is 2.32 bits per heavy atom. The zero-order valence-corrected chi connectivity index (χ0v) is 12.4. The van der Waals surface area contributed by atoms with Crippen LogP contribution in [-0.2, 0) is 4.79 Å². The lowest BCUT2D eigenvalue weighted by atomic mass is 9.68. The molecular formula is C16H28N2O. The molecule has 2 N–H and O–H groups in total. The molecule has 0 spiro atoms. The van der Waals surface area contributed by atoms with E-state index in [1.54, 1.807) is 0 Å². The molecule has 0 aromatic heterocycles. The summed E-state index contributed by atoms with van der Waals surface area (Å²) in [5, 5.41) is 0. The number of rotatable bonds is 3. The second-order valence-corrected chi connectivity index (χ2v) is 7.56. The van der Waals surface area contributed by atoms with Crippen LogP contribution in [0, 0.1) is 17.8 Å². The Labute approximate surface area is 116 Å². The number of fused-ring (bicyclic) bond motifs is 1. The summed E-state index contributed by atoms with van der Waals surface area (Å²) in [6.07, 6.45) is 8.38. The van der Waals surface area contributed by atoms with Crippen molar-refractivity contribution in [2.45, 2.75) is 70.4 Å². The third-order valence-corrected chi connectivity index (χ3v) is 5.63. The van der Waals surface area contributed by atoms with Crippen LogP contribution < -0.4 is 5.73 Å². The molecule has 2 saturated carbocycles. The molecule has 2 aliphatic carbocycles. The van der Waals surface area contributed by atoms with Gasteiger partial charge in [-0.05, 0) is 63.2 Å². The average molecular weight is 264 g/mol. The monoisotopic (exact) mass is 264 g/mol. The van der Waals surface area contributed by atoms with E-state index in [0.29, 0.717) is 6.04 Å². The summed E-state index contributed by atoms with van der Waals surface area (Å²) in [5.41, 5.74) is 5.63. The van der Waals surface area contributed by atoms with Crippen LogP contribution in [0.1, 0.15) is 58.8 Å². The topological polar surface area (TPSA) is 46.3 Å². The molecule has 3 unspecified atom stereocenters. The number of nitrogens with two attached hydrogens (primary N) is 1. The van der Waals surface area contributed by atoms with Crippen molar-refractivity contribution in [3.8, 4) is 0 Å². The highest BCUT2D eigenvalue weighted by Crippen LogP contribution is 2.47. The maximum atomic E-state index is 12.8. The van der Waals surface area contributed by atoms with E-state index in [2.05, 4.69) is 11.8 Å². The number of hydrogen-bond donors (Lipinski definition) is 1. The lowest BCUT2D eigenvalue weighted by molar-refractivity contribution is -0.139. The minimum absolute atomic E-state index is 0.215. The molecule has 2 saturated heterocycles. The van der Waals surface area contributed by atoms with E-state index >= 15 is 0 Å². The number of carbonyl (C=O) groups excluding carboxylic acids is 1. The van der Waals surface area contributed by atoms with Crippen LogP contribution in [-0.4, -0.2) is 28.9 Å². The van der Waals surface area contributed by atoms with Gasteiger partial charge in [0.05, 0.1) is 5.54 Å². The summed E-state index contributed by atoms with van der Waals surface area (Å²) in [5.74, 6) is 2.73. The standard InChI is InChI=1S/C16H28N2O/c1-3-4-16(2,17)15(19)18-10-13-6-11-5-12(7-13)9-14(18)8-11/h11-14H,3-10,17H2,1-2H3. The van der Waals surface area contributed by atoms with E-state index in [1.165, 1.54) is 32.1 Å². The lowest BCUT2D eigenvalue weighted by Gasteiger charge is -2.40. The Kier molecular flexibility index (Phi) is 3.36. The van der Waals surface area contributed by atoms with Crippen LogP contribution in [0.2, 0.25) is 0 Å². The van der Waals surface area contributed by atoms with Gasteiger partial charge in [-0.3, -0.25) is 4.79 Å². The van der Waals surface area contributed by atoms with Gasteiger partial charge in [0.15, 0.2) is 0 Å². The van der Waals surface area contributed by atoms with Crippen molar-refractivity contribution >= 4 is 5.91 Å². The fraction of sp³-hybridized carbons (Fsp3) is 0.938. The highest BCUT2D eigenvalue weighted by Gasteiger charge is 2.46. The molecule has 0 radical (unpaired) electrons. The first-order valence-corrected chi connectivity index (χ1v) is 8.09. The fourth-order valence-corrected chi connectivity index (χ4v) is 4.99. The van der Waals surface area contributed by atoms with Gasteiger partial charge in [-0.2, -0.15) is 0 Å². The molecule has 4 aliphatic rings. The zero-order chi connectivity index (χ0) is 13.6. The molecule has 3 atom stereocenters. The predicted molar refractivity (Wildman–Crippen MR) is 76.6 cm³/mol. The third kappa shape index (κ3) is 2.42. The number of carbonyl (C=O) groups is 1. The van der Waals surface area contributed by atoms with Crippen molar-refractivity contribution in [2.24, 2.45) is 23.5 Å². The molecule has 19 heavy (non-hydrogen) atoms. The summed E-state index contributed by atoms with van der Waals surface area (Å²) in [6, 6.07) is 0.489. The van der Waals surface area contributed by atoms with Crippen LogP contribution >= 0.6 is 0 Å². The Morgan fingerprint density at radius 2 is 1.74 bits per heavy atom. The third-order valence-electron chi connectivity index (χ3n) is 5.63. The molecule has 4 fully saturated rings. The van der Waals surface area contributed by atoms with Gasteiger partial charge in [0.2, 0.25) is 5.91 Å². The smallest absolute Gasteiger partial charge is 0.242 e. The normalized spacial score (nSPS) is 40.1. The maximum absolute atomic E-state index is 12.8. The summed E-state index contributed by atoms with van der Waals surface area (Å²) >= 11 is 0. The Balaban J connectivity index is 1.79. The molecule has 3 heteroatoms. The summed E-state index contributed by atoms with van der Waals surface area (Å²) in [4.78, 5) is 15.0. The highest BCUT2D eigenvalue weighted by atomic mass is 16.2. The van der Waals surface area contributed by atoms with Crippen molar-refractivity contribution in [1.29, 1.82) is 0 Å². The van der Waals surface area contributed by atoms with Gasteiger partial charge in [0.25, 0.3) is 0 Å². The van der Waals surface area contributed by atoms with Gasteiger partial charge in [0, 0.05) is 12.6 Å². The Bertz CT molecular complexity index is 352. The lowest BCUT2D eigenvalue weighted by Crippen LogP contribution is -2.56. The first-order chi connectivity index (χ1) is 8.99. The molecule has 0 aromatic rings. The number of hydrogen-bond acceptors (Lipinski definition) is 2. The van der Waals surface area contributed by atoms with Crippen LogP contribution in [0.25, 0.3) is 0 Å². The zero-order valence-electron chi connectivity index (χ0n) is 12.4. The Morgan fingerprint density at radius 1 is 1.16 bits per heavy atom. The molecule has 4 bridgehead atoms. The van der Waals surface area contributed by atoms with E-state index in [0.717, 1.165) is 37.1 Å². The second-order valence-electron chi connectivity index (χ2n) is 7.56. The first-order valence-electron chi connectivity index (χ1n) is 8.09. The van der Waals surface area contributed by atoms with Crippen molar-refractivity contribution in [3.05, 3.63) is 0 Å². The molecule has 2 heterocycles. The maximum Gasteiger partial charge on any atom is 0.242 e. The van der Waals surface area contributed by atoms with Gasteiger partial charge < -0.3 is 10.6 Å². The van der Waals surface area contributed by atoms with Crippen LogP contribution in [0.4, 0.5) is 0 Å². The molecule has 0 aromatic carbocycles. The van der Waals surface area contributed by atoms with E-state index in [4.69, 9.17) is 5.73 Å². The average Bonchev–Trinajstić information content (AvgIpc) is 2.52. The van der Waals surface area contributed by atoms with Crippen molar-refractivity contribution in [1.82, 2.24) is 4.90 Å². The van der Waals surface area contributed by atoms with Crippen LogP contribution in [0.5, 0.6) is 0 Å². The molecule has 1 amide bonds. The summed E-state index contributed by atoms with van der Waals surface area (Å²) in [6.45, 7) is 5.01. The van der Waals surface area contributed by atoms with E-state index in [-0.39, 0.29) is 5.91 Å². The van der Waals surface area contributed by atoms with Crippen LogP contribution in [0.15, 0.2) is 0 Å². The van der Waals surface area contributed by atoms with E-state index in [9.17, 15) is 4.79 Å². The highest BCUT2D eigenvalue weighted by molar-refractivity contribution is 5.86. The number of nitrogens with zero attached hydrogens (tertiary/aromatic N) is 1. The second kappa shape index (κ2) is 4.76. The van der Waals surface area contributed by atoms with Gasteiger partial charge >= 0.3 is 0 Å². The largest absolute Gasteiger partial charge is 0.338 e. The van der Waals surface area contributed by atoms with Crippen molar-refractivity contribution in [2.75, 3.05) is 6.54 Å². The first kappa shape index (κ1) is 13.4. The quantitative estimate of drug-likeness (QED) is 0.851. The summed E-state index contributed by atoms with van der Waals surface area (Å²) < 4.78 is 0. The van der Waals surface area contributed by atoms with Crippen molar-refractivity contribution in [3.63, 3.8) is 0 Å².